The van der Waals surface area contributed by atoms with Crippen LogP contribution in [0.15, 0.2) is 57.0 Å². The van der Waals surface area contributed by atoms with Crippen LogP contribution in [-0.4, -0.2) is 30.9 Å². The lowest BCUT2D eigenvalue weighted by molar-refractivity contribution is -0.120. The van der Waals surface area contributed by atoms with Crippen molar-refractivity contribution >= 4 is 5.91 Å². The van der Waals surface area contributed by atoms with E-state index in [-0.39, 0.29) is 17.6 Å². The number of azo groups is 1. The van der Waals surface area contributed by atoms with Gasteiger partial charge in [0.05, 0.1) is 18.1 Å². The number of methoxy groups -OCH3 is 1. The third kappa shape index (κ3) is 2.90. The van der Waals surface area contributed by atoms with Crippen LogP contribution in [-0.2, 0) is 10.2 Å². The number of hydrogen-bond donors (Lipinski definition) is 2. The molecular formula is C21H23F3N4O2. The van der Waals surface area contributed by atoms with Crippen LogP contribution < -0.4 is 15.4 Å². The van der Waals surface area contributed by atoms with Crippen molar-refractivity contribution in [3.63, 3.8) is 0 Å². The largest absolute Gasteiger partial charge is 0.497 e. The zero-order valence-corrected chi connectivity index (χ0v) is 17.1. The lowest BCUT2D eigenvalue weighted by atomic mass is 9.61. The Bertz CT molecular complexity index is 1010. The molecule has 0 aromatic heterocycles. The quantitative estimate of drug-likeness (QED) is 0.773. The summed E-state index contributed by atoms with van der Waals surface area (Å²) in [7, 11) is 1.49. The van der Waals surface area contributed by atoms with E-state index in [1.54, 1.807) is 31.2 Å². The maximum absolute atomic E-state index is 13.9. The number of rotatable bonds is 3. The highest BCUT2D eigenvalue weighted by Crippen LogP contribution is 2.55. The number of halogens is 3. The third-order valence-corrected chi connectivity index (χ3v) is 5.96. The average molecular weight is 420 g/mol. The molecule has 4 rings (SSSR count). The van der Waals surface area contributed by atoms with Crippen molar-refractivity contribution in [2.75, 3.05) is 7.11 Å². The van der Waals surface area contributed by atoms with Crippen LogP contribution in [0.5, 0.6) is 5.75 Å². The monoisotopic (exact) mass is 420 g/mol. The highest BCUT2D eigenvalue weighted by Gasteiger charge is 2.57. The highest BCUT2D eigenvalue weighted by molar-refractivity contribution is 6.00. The Labute approximate surface area is 172 Å². The van der Waals surface area contributed by atoms with E-state index in [0.29, 0.717) is 23.4 Å². The van der Waals surface area contributed by atoms with Crippen molar-refractivity contribution in [3.8, 4) is 5.75 Å². The van der Waals surface area contributed by atoms with E-state index in [4.69, 9.17) is 4.74 Å². The molecule has 0 fully saturated rings. The standard InChI is InChI=1S/C21H23F3N4O2/c1-5-20(11-7-6-8-12(9-11)30-4)14-13(10-19(2,3)26-18(14)29)25-17-15(20)16(27-28-17)21(22,23)24/h6-9,17,25H,5,10H2,1-4H3,(H,26,29). The smallest absolute Gasteiger partial charge is 0.435 e. The number of nitrogens with zero attached hydrogens (tertiary/aromatic N) is 2. The zero-order valence-electron chi connectivity index (χ0n) is 17.1. The second-order valence-corrected chi connectivity index (χ2v) is 8.38. The second-order valence-electron chi connectivity index (χ2n) is 8.38. The van der Waals surface area contributed by atoms with Crippen molar-refractivity contribution in [1.82, 2.24) is 10.6 Å². The molecule has 2 unspecified atom stereocenters. The Morgan fingerprint density at radius 2 is 2.03 bits per heavy atom. The van der Waals surface area contributed by atoms with Crippen molar-refractivity contribution in [3.05, 3.63) is 52.4 Å². The molecule has 0 radical (unpaired) electrons. The molecule has 9 heteroatoms. The van der Waals surface area contributed by atoms with Gasteiger partial charge in [-0.3, -0.25) is 4.79 Å². The minimum absolute atomic E-state index is 0.0423. The van der Waals surface area contributed by atoms with Crippen LogP contribution in [0, 0.1) is 0 Å². The van der Waals surface area contributed by atoms with Crippen molar-refractivity contribution in [2.45, 2.75) is 56.9 Å². The van der Waals surface area contributed by atoms with Crippen LogP contribution in [0.1, 0.15) is 39.2 Å². The van der Waals surface area contributed by atoms with Gasteiger partial charge in [-0.2, -0.15) is 18.3 Å². The Hall–Kier alpha value is -2.84. The maximum atomic E-state index is 13.9. The van der Waals surface area contributed by atoms with Gasteiger partial charge in [-0.05, 0) is 38.0 Å². The average Bonchev–Trinajstić information content (AvgIpc) is 3.10. The molecule has 30 heavy (non-hydrogen) atoms. The summed E-state index contributed by atoms with van der Waals surface area (Å²) < 4.78 is 47.1. The molecule has 3 heterocycles. The molecule has 3 aliphatic heterocycles. The van der Waals surface area contributed by atoms with Gasteiger partial charge in [0.1, 0.15) is 5.75 Å². The number of nitrogens with one attached hydrogen (secondary N) is 2. The summed E-state index contributed by atoms with van der Waals surface area (Å²) in [6, 6.07) is 6.84. The number of hydrogen-bond acceptors (Lipinski definition) is 5. The van der Waals surface area contributed by atoms with Gasteiger partial charge >= 0.3 is 6.18 Å². The lowest BCUT2D eigenvalue weighted by Crippen LogP contribution is -2.58. The van der Waals surface area contributed by atoms with Gasteiger partial charge in [-0.25, -0.2) is 0 Å². The van der Waals surface area contributed by atoms with Crippen LogP contribution in [0.25, 0.3) is 0 Å². The Kier molecular flexibility index (Phi) is 4.48. The summed E-state index contributed by atoms with van der Waals surface area (Å²) in [6.45, 7) is 5.52. The molecule has 0 spiro atoms. The van der Waals surface area contributed by atoms with Crippen molar-refractivity contribution in [1.29, 1.82) is 0 Å². The first-order valence-electron chi connectivity index (χ1n) is 9.73. The van der Waals surface area contributed by atoms with Crippen molar-refractivity contribution < 1.29 is 22.7 Å². The molecule has 6 nitrogen and oxygen atoms in total. The van der Waals surface area contributed by atoms with Crippen LogP contribution >= 0.6 is 0 Å². The Morgan fingerprint density at radius 1 is 1.30 bits per heavy atom. The molecule has 0 saturated heterocycles. The molecule has 2 atom stereocenters. The van der Waals surface area contributed by atoms with Crippen LogP contribution in [0.2, 0.25) is 0 Å². The van der Waals surface area contributed by atoms with Gasteiger partial charge in [-0.15, -0.1) is 5.11 Å². The number of fused-ring (bicyclic) bond motifs is 1. The van der Waals surface area contributed by atoms with Gasteiger partial charge in [0.2, 0.25) is 0 Å². The van der Waals surface area contributed by atoms with E-state index in [1.165, 1.54) is 7.11 Å². The molecule has 0 saturated carbocycles. The summed E-state index contributed by atoms with van der Waals surface area (Å²) in [6.07, 6.45) is -5.00. The van der Waals surface area contributed by atoms with E-state index in [9.17, 15) is 18.0 Å². The summed E-state index contributed by atoms with van der Waals surface area (Å²) in [5, 5.41) is 13.4. The summed E-state index contributed by atoms with van der Waals surface area (Å²) >= 11 is 0. The number of carbonyl (C=O) groups is 1. The number of allylic oxidation sites excluding steroid dienone is 1. The molecule has 1 aromatic carbocycles. The zero-order chi connectivity index (χ0) is 21.9. The second kappa shape index (κ2) is 6.58. The fourth-order valence-corrected chi connectivity index (χ4v) is 4.82. The molecule has 3 aliphatic rings. The SMILES string of the molecule is CCC1(c2cccc(OC)c2)C2=C(CC(C)(C)NC2=O)NC2N=NC(C(F)(F)F)=C21. The number of amides is 1. The minimum Gasteiger partial charge on any atom is -0.497 e. The highest BCUT2D eigenvalue weighted by atomic mass is 19.4. The van der Waals surface area contributed by atoms with Gasteiger partial charge in [-0.1, -0.05) is 19.1 Å². The summed E-state index contributed by atoms with van der Waals surface area (Å²) in [4.78, 5) is 13.3. The van der Waals surface area contributed by atoms with Gasteiger partial charge in [0.15, 0.2) is 11.9 Å². The predicted octanol–water partition coefficient (Wildman–Crippen LogP) is 4.11. The number of alkyl halides is 3. The molecule has 160 valence electrons. The van der Waals surface area contributed by atoms with Gasteiger partial charge in [0, 0.05) is 23.2 Å². The summed E-state index contributed by atoms with van der Waals surface area (Å²) in [5.41, 5.74) is -1.53. The van der Waals surface area contributed by atoms with Crippen LogP contribution in [0.3, 0.4) is 0 Å². The maximum Gasteiger partial charge on any atom is 0.435 e. The number of carbonyl (C=O) groups excluding carboxylic acids is 1. The molecule has 2 N–H and O–H groups in total. The molecule has 1 amide bonds. The number of benzene rings is 1. The normalized spacial score (nSPS) is 27.4. The fourth-order valence-electron chi connectivity index (χ4n) is 4.82. The predicted molar refractivity (Wildman–Crippen MR) is 104 cm³/mol. The molecular weight excluding hydrogens is 397 g/mol. The topological polar surface area (TPSA) is 75.1 Å². The van der Waals surface area contributed by atoms with Crippen molar-refractivity contribution in [2.24, 2.45) is 10.2 Å². The number of ether oxygens (including phenoxy) is 1. The van der Waals surface area contributed by atoms with E-state index >= 15 is 0 Å². The molecule has 0 aliphatic carbocycles. The Balaban J connectivity index is 2.08. The van der Waals surface area contributed by atoms with Gasteiger partial charge < -0.3 is 15.4 Å². The first-order chi connectivity index (χ1) is 14.0. The third-order valence-electron chi connectivity index (χ3n) is 5.96. The van der Waals surface area contributed by atoms with Gasteiger partial charge in [0.25, 0.3) is 5.91 Å². The van der Waals surface area contributed by atoms with E-state index in [1.807, 2.05) is 13.8 Å². The summed E-state index contributed by atoms with van der Waals surface area (Å²) in [5.74, 6) is 0.105. The first-order valence-corrected chi connectivity index (χ1v) is 9.73. The lowest BCUT2D eigenvalue weighted by Gasteiger charge is -2.48. The fraction of sp³-hybridized carbons (Fsp3) is 0.476. The molecule has 0 bridgehead atoms. The van der Waals surface area contributed by atoms with Crippen LogP contribution in [0.4, 0.5) is 13.2 Å². The van der Waals surface area contributed by atoms with E-state index in [2.05, 4.69) is 20.9 Å². The molecule has 1 aromatic rings. The minimum atomic E-state index is -4.70. The Morgan fingerprint density at radius 3 is 2.67 bits per heavy atom. The van der Waals surface area contributed by atoms with E-state index < -0.39 is 34.9 Å². The first kappa shape index (κ1) is 20.4. The van der Waals surface area contributed by atoms with E-state index in [0.717, 1.165) is 0 Å².